The molecule has 5 heteroatoms. The van der Waals surface area contributed by atoms with Crippen LogP contribution >= 0.6 is 11.6 Å². The van der Waals surface area contributed by atoms with Gasteiger partial charge in [0.25, 0.3) is 0 Å². The predicted octanol–water partition coefficient (Wildman–Crippen LogP) is 4.36. The molecule has 0 radical (unpaired) electrons. The minimum Gasteiger partial charge on any atom is -0.496 e. The van der Waals surface area contributed by atoms with Crippen molar-refractivity contribution >= 4 is 22.6 Å². The van der Waals surface area contributed by atoms with Crippen LogP contribution in [-0.4, -0.2) is 14.2 Å². The van der Waals surface area contributed by atoms with Crippen LogP contribution in [0.1, 0.15) is 16.7 Å². The molecule has 0 N–H and O–H groups in total. The summed E-state index contributed by atoms with van der Waals surface area (Å²) in [5, 5.41) is 1.41. The Bertz CT molecular complexity index is 959. The van der Waals surface area contributed by atoms with E-state index in [0.29, 0.717) is 34.1 Å². The molecule has 24 heavy (non-hydrogen) atoms. The first-order valence-electron chi connectivity index (χ1n) is 7.46. The number of fused-ring (bicyclic) bond motifs is 1. The molecule has 1 aromatic heterocycles. The van der Waals surface area contributed by atoms with E-state index in [1.54, 1.807) is 32.4 Å². The Balaban J connectivity index is 2.21. The van der Waals surface area contributed by atoms with Crippen LogP contribution in [0.2, 0.25) is 5.02 Å². The van der Waals surface area contributed by atoms with E-state index in [9.17, 15) is 4.79 Å². The zero-order chi connectivity index (χ0) is 17.3. The number of halogens is 1. The molecule has 0 aliphatic heterocycles. The van der Waals surface area contributed by atoms with Crippen molar-refractivity contribution in [2.24, 2.45) is 0 Å². The molecule has 0 amide bonds. The van der Waals surface area contributed by atoms with Gasteiger partial charge in [0.2, 0.25) is 0 Å². The Morgan fingerprint density at radius 3 is 2.58 bits per heavy atom. The molecule has 0 bridgehead atoms. The van der Waals surface area contributed by atoms with E-state index >= 15 is 0 Å². The lowest BCUT2D eigenvalue weighted by Crippen LogP contribution is -2.11. The smallest absolute Gasteiger partial charge is 0.340 e. The van der Waals surface area contributed by atoms with Crippen molar-refractivity contribution in [3.63, 3.8) is 0 Å². The van der Waals surface area contributed by atoms with Gasteiger partial charge in [-0.15, -0.1) is 0 Å². The summed E-state index contributed by atoms with van der Waals surface area (Å²) >= 11 is 6.03. The number of ether oxygens (including phenoxy) is 2. The average Bonchev–Trinajstić information content (AvgIpc) is 2.57. The fourth-order valence-corrected chi connectivity index (χ4v) is 3.03. The van der Waals surface area contributed by atoms with E-state index < -0.39 is 0 Å². The summed E-state index contributed by atoms with van der Waals surface area (Å²) in [5.41, 5.74) is 2.46. The first kappa shape index (κ1) is 16.4. The molecule has 0 saturated carbocycles. The van der Waals surface area contributed by atoms with E-state index in [2.05, 4.69) is 0 Å². The third kappa shape index (κ3) is 2.97. The molecule has 0 saturated heterocycles. The minimum absolute atomic E-state index is 0.365. The van der Waals surface area contributed by atoms with Crippen LogP contribution in [0, 0.1) is 6.92 Å². The lowest BCUT2D eigenvalue weighted by molar-refractivity contribution is 0.395. The fraction of sp³-hybridized carbons (Fsp3) is 0.211. The van der Waals surface area contributed by atoms with Crippen molar-refractivity contribution in [1.82, 2.24) is 0 Å². The van der Waals surface area contributed by atoms with Gasteiger partial charge in [0.1, 0.15) is 17.1 Å². The average molecular weight is 345 g/mol. The second-order valence-electron chi connectivity index (χ2n) is 5.50. The van der Waals surface area contributed by atoms with Gasteiger partial charge in [-0.05, 0) is 30.2 Å². The zero-order valence-corrected chi connectivity index (χ0v) is 14.4. The third-order valence-electron chi connectivity index (χ3n) is 4.04. The monoisotopic (exact) mass is 344 g/mol. The van der Waals surface area contributed by atoms with Crippen molar-refractivity contribution in [3.8, 4) is 11.5 Å². The van der Waals surface area contributed by atoms with Crippen LogP contribution in [0.25, 0.3) is 11.0 Å². The van der Waals surface area contributed by atoms with Gasteiger partial charge in [-0.1, -0.05) is 23.7 Å². The summed E-state index contributed by atoms with van der Waals surface area (Å²) in [6.45, 7) is 1.90. The van der Waals surface area contributed by atoms with Crippen LogP contribution in [0.4, 0.5) is 0 Å². The van der Waals surface area contributed by atoms with Gasteiger partial charge in [0.15, 0.2) is 0 Å². The van der Waals surface area contributed by atoms with Crippen LogP contribution in [0.15, 0.2) is 45.6 Å². The van der Waals surface area contributed by atoms with E-state index in [1.165, 1.54) is 0 Å². The molecule has 0 aliphatic rings. The highest BCUT2D eigenvalue weighted by Crippen LogP contribution is 2.34. The summed E-state index contributed by atoms with van der Waals surface area (Å²) in [7, 11) is 3.13. The molecule has 0 aliphatic carbocycles. The SMILES string of the molecule is COc1cc(OC)c2c(C)c(Cc3cccc(Cl)c3)c(=O)oc2c1. The van der Waals surface area contributed by atoms with Crippen LogP contribution in [0.3, 0.4) is 0 Å². The molecule has 3 aromatic rings. The van der Waals surface area contributed by atoms with E-state index in [-0.39, 0.29) is 5.63 Å². The fourth-order valence-electron chi connectivity index (χ4n) is 2.82. The van der Waals surface area contributed by atoms with Gasteiger partial charge < -0.3 is 13.9 Å². The zero-order valence-electron chi connectivity index (χ0n) is 13.7. The number of benzene rings is 2. The van der Waals surface area contributed by atoms with Gasteiger partial charge in [-0.3, -0.25) is 0 Å². The third-order valence-corrected chi connectivity index (χ3v) is 4.28. The molecule has 4 nitrogen and oxygen atoms in total. The second-order valence-corrected chi connectivity index (χ2v) is 5.94. The maximum Gasteiger partial charge on any atom is 0.340 e. The summed E-state index contributed by atoms with van der Waals surface area (Å²) in [4.78, 5) is 12.5. The van der Waals surface area contributed by atoms with Gasteiger partial charge in [0, 0.05) is 29.1 Å². The Kier molecular flexibility index (Phi) is 4.49. The minimum atomic E-state index is -0.365. The molecule has 3 rings (SSSR count). The molecule has 2 aromatic carbocycles. The normalized spacial score (nSPS) is 10.8. The number of methoxy groups -OCH3 is 2. The van der Waals surface area contributed by atoms with Crippen molar-refractivity contribution in [2.75, 3.05) is 14.2 Å². The molecule has 0 spiro atoms. The number of hydrogen-bond donors (Lipinski definition) is 0. The maximum atomic E-state index is 12.5. The van der Waals surface area contributed by atoms with Crippen molar-refractivity contribution in [3.05, 3.63) is 68.5 Å². The molecule has 1 heterocycles. The Hall–Kier alpha value is -2.46. The number of aryl methyl sites for hydroxylation is 1. The lowest BCUT2D eigenvalue weighted by Gasteiger charge is -2.12. The summed E-state index contributed by atoms with van der Waals surface area (Å²) in [5.74, 6) is 1.18. The molecule has 0 atom stereocenters. The largest absolute Gasteiger partial charge is 0.496 e. The van der Waals surface area contributed by atoms with Crippen molar-refractivity contribution in [1.29, 1.82) is 0 Å². The molecule has 0 fully saturated rings. The lowest BCUT2D eigenvalue weighted by atomic mass is 9.99. The second kappa shape index (κ2) is 6.57. The van der Waals surface area contributed by atoms with Crippen molar-refractivity contribution in [2.45, 2.75) is 13.3 Å². The molecule has 124 valence electrons. The molecular formula is C19H17ClO4. The number of hydrogen-bond acceptors (Lipinski definition) is 4. The van der Waals surface area contributed by atoms with Crippen LogP contribution < -0.4 is 15.1 Å². The standard InChI is InChI=1S/C19H17ClO4/c1-11-15(8-12-5-4-6-13(20)7-12)19(21)24-17-10-14(22-2)9-16(23-3)18(11)17/h4-7,9-10H,8H2,1-3H3. The maximum absolute atomic E-state index is 12.5. The van der Waals surface area contributed by atoms with E-state index in [0.717, 1.165) is 16.5 Å². The van der Waals surface area contributed by atoms with Crippen molar-refractivity contribution < 1.29 is 13.9 Å². The summed E-state index contributed by atoms with van der Waals surface area (Å²) in [6, 6.07) is 10.9. The summed E-state index contributed by atoms with van der Waals surface area (Å²) in [6.07, 6.45) is 0.444. The van der Waals surface area contributed by atoms with Gasteiger partial charge in [-0.25, -0.2) is 4.79 Å². The summed E-state index contributed by atoms with van der Waals surface area (Å²) < 4.78 is 16.2. The first-order valence-corrected chi connectivity index (χ1v) is 7.84. The van der Waals surface area contributed by atoms with Gasteiger partial charge in [0.05, 0.1) is 19.6 Å². The van der Waals surface area contributed by atoms with Crippen LogP contribution in [-0.2, 0) is 6.42 Å². The Labute approximate surface area is 144 Å². The number of rotatable bonds is 4. The highest BCUT2D eigenvalue weighted by atomic mass is 35.5. The van der Waals surface area contributed by atoms with E-state index in [4.69, 9.17) is 25.5 Å². The topological polar surface area (TPSA) is 48.7 Å². The van der Waals surface area contributed by atoms with E-state index in [1.807, 2.05) is 25.1 Å². The quantitative estimate of drug-likeness (QED) is 0.660. The molecular weight excluding hydrogens is 328 g/mol. The predicted molar refractivity (Wildman–Crippen MR) is 94.6 cm³/mol. The van der Waals surface area contributed by atoms with Gasteiger partial charge >= 0.3 is 5.63 Å². The molecule has 0 unspecified atom stereocenters. The van der Waals surface area contributed by atoms with Crippen LogP contribution in [0.5, 0.6) is 11.5 Å². The Morgan fingerprint density at radius 2 is 1.92 bits per heavy atom. The van der Waals surface area contributed by atoms with Gasteiger partial charge in [-0.2, -0.15) is 0 Å². The first-order chi connectivity index (χ1) is 11.5. The highest BCUT2D eigenvalue weighted by Gasteiger charge is 2.17. The Morgan fingerprint density at radius 1 is 1.12 bits per heavy atom. The highest BCUT2D eigenvalue weighted by molar-refractivity contribution is 6.30.